The third-order valence-electron chi connectivity index (χ3n) is 6.33. The van der Waals surface area contributed by atoms with Crippen LogP contribution < -0.4 is 0 Å². The van der Waals surface area contributed by atoms with Crippen molar-refractivity contribution in [1.82, 2.24) is 4.90 Å². The van der Waals surface area contributed by atoms with Gasteiger partial charge in [0.05, 0.1) is 0 Å². The molecule has 0 N–H and O–H groups in total. The number of hydrogen-bond donors (Lipinski definition) is 0. The Kier molecular flexibility index (Phi) is 4.84. The van der Waals surface area contributed by atoms with Crippen LogP contribution in [0.5, 0.6) is 0 Å². The molecule has 1 aliphatic heterocycles. The summed E-state index contributed by atoms with van der Waals surface area (Å²) in [6.45, 7) is 6.38. The van der Waals surface area contributed by atoms with Crippen molar-refractivity contribution in [2.75, 3.05) is 13.1 Å². The summed E-state index contributed by atoms with van der Waals surface area (Å²) in [5.74, 6) is 1.52. The highest BCUT2D eigenvalue weighted by molar-refractivity contribution is 6.20. The summed E-state index contributed by atoms with van der Waals surface area (Å²) in [4.78, 5) is 15.5. The van der Waals surface area contributed by atoms with Crippen molar-refractivity contribution in [2.24, 2.45) is 11.8 Å². The van der Waals surface area contributed by atoms with E-state index in [1.54, 1.807) is 0 Å². The predicted octanol–water partition coefficient (Wildman–Crippen LogP) is 5.17. The number of rotatable bonds is 1. The van der Waals surface area contributed by atoms with Gasteiger partial charge in [-0.3, -0.25) is 4.79 Å². The Balaban J connectivity index is 1.77. The van der Waals surface area contributed by atoms with Gasteiger partial charge in [-0.2, -0.15) is 0 Å². The summed E-state index contributed by atoms with van der Waals surface area (Å²) >= 11 is 0. The number of amides is 1. The minimum Gasteiger partial charge on any atom is -0.339 e. The highest BCUT2D eigenvalue weighted by Crippen LogP contribution is 2.35. The molecular formula is C24H29NO. The largest absolute Gasteiger partial charge is 0.339 e. The molecule has 0 spiro atoms. The Morgan fingerprint density at radius 2 is 1.85 bits per heavy atom. The number of allylic oxidation sites excluding steroid dienone is 5. The quantitative estimate of drug-likeness (QED) is 0.686. The van der Waals surface area contributed by atoms with Crippen molar-refractivity contribution in [3.8, 4) is 0 Å². The van der Waals surface area contributed by atoms with Gasteiger partial charge in [-0.05, 0) is 66.7 Å². The second kappa shape index (κ2) is 7.26. The molecule has 1 saturated heterocycles. The molecule has 3 aliphatic rings. The van der Waals surface area contributed by atoms with E-state index in [1.807, 2.05) is 0 Å². The molecule has 0 saturated carbocycles. The van der Waals surface area contributed by atoms with Gasteiger partial charge in [-0.1, -0.05) is 55.8 Å². The molecule has 1 unspecified atom stereocenters. The zero-order chi connectivity index (χ0) is 18.1. The molecule has 2 aliphatic carbocycles. The molecule has 1 amide bonds. The summed E-state index contributed by atoms with van der Waals surface area (Å²) in [5.41, 5.74) is 6.12. The number of piperidine rings is 1. The topological polar surface area (TPSA) is 20.3 Å². The maximum Gasteiger partial charge on any atom is 0.254 e. The fourth-order valence-corrected chi connectivity index (χ4v) is 4.53. The molecule has 1 atom stereocenters. The van der Waals surface area contributed by atoms with Crippen LogP contribution in [-0.4, -0.2) is 23.9 Å². The zero-order valence-electron chi connectivity index (χ0n) is 16.0. The fourth-order valence-electron chi connectivity index (χ4n) is 4.53. The zero-order valence-corrected chi connectivity index (χ0v) is 16.0. The monoisotopic (exact) mass is 347 g/mol. The van der Waals surface area contributed by atoms with Crippen LogP contribution in [0.1, 0.15) is 50.7 Å². The van der Waals surface area contributed by atoms with Gasteiger partial charge < -0.3 is 4.90 Å². The Morgan fingerprint density at radius 1 is 1.08 bits per heavy atom. The highest BCUT2D eigenvalue weighted by atomic mass is 16.2. The van der Waals surface area contributed by atoms with Crippen LogP contribution in [-0.2, 0) is 11.2 Å². The van der Waals surface area contributed by atoms with Crippen molar-refractivity contribution in [3.63, 3.8) is 0 Å². The Hall–Kier alpha value is -2.09. The van der Waals surface area contributed by atoms with E-state index in [4.69, 9.17) is 0 Å². The lowest BCUT2D eigenvalue weighted by Gasteiger charge is -2.32. The Labute approximate surface area is 157 Å². The normalized spacial score (nSPS) is 25.7. The van der Waals surface area contributed by atoms with Crippen molar-refractivity contribution in [2.45, 2.75) is 46.0 Å². The molecule has 1 aromatic carbocycles. The van der Waals surface area contributed by atoms with Crippen molar-refractivity contribution < 1.29 is 4.79 Å². The first-order chi connectivity index (χ1) is 12.6. The van der Waals surface area contributed by atoms with Gasteiger partial charge in [-0.15, -0.1) is 0 Å². The number of likely N-dealkylation sites (tertiary alicyclic amines) is 1. The molecular weight excluding hydrogens is 318 g/mol. The third kappa shape index (κ3) is 3.30. The van der Waals surface area contributed by atoms with Gasteiger partial charge >= 0.3 is 0 Å². The SMILES string of the molecule is CC1CCN(C(=O)/C2=C/C3=C(CCc4ccccc42)C(C)CC=C3)CC1. The second-order valence-corrected chi connectivity index (χ2v) is 8.21. The molecule has 2 nitrogen and oxygen atoms in total. The van der Waals surface area contributed by atoms with E-state index in [1.165, 1.54) is 16.7 Å². The summed E-state index contributed by atoms with van der Waals surface area (Å²) in [5, 5.41) is 0. The first-order valence-corrected chi connectivity index (χ1v) is 10.1. The standard InChI is InChI=1S/C24H29NO/c1-17-12-14-25(15-13-17)24(26)23-16-20-8-5-6-18(2)21(20)11-10-19-7-3-4-9-22(19)23/h3-5,7-9,16-18H,6,10-15H2,1-2H3/b23-16+. The average Bonchev–Trinajstić information content (AvgIpc) is 2.64. The predicted molar refractivity (Wildman–Crippen MR) is 108 cm³/mol. The molecule has 1 heterocycles. The van der Waals surface area contributed by atoms with E-state index in [0.717, 1.165) is 62.2 Å². The summed E-state index contributed by atoms with van der Waals surface area (Å²) in [7, 11) is 0. The highest BCUT2D eigenvalue weighted by Gasteiger charge is 2.27. The lowest BCUT2D eigenvalue weighted by Crippen LogP contribution is -2.38. The lowest BCUT2D eigenvalue weighted by atomic mass is 9.80. The van der Waals surface area contributed by atoms with Gasteiger partial charge in [-0.25, -0.2) is 0 Å². The first-order valence-electron chi connectivity index (χ1n) is 10.1. The molecule has 0 bridgehead atoms. The average molecular weight is 348 g/mol. The maximum atomic E-state index is 13.5. The van der Waals surface area contributed by atoms with E-state index in [0.29, 0.717) is 5.92 Å². The van der Waals surface area contributed by atoms with Gasteiger partial charge in [0.15, 0.2) is 0 Å². The molecule has 0 aromatic heterocycles. The van der Waals surface area contributed by atoms with Gasteiger partial charge in [0.25, 0.3) is 5.91 Å². The van der Waals surface area contributed by atoms with Crippen LogP contribution in [0, 0.1) is 11.8 Å². The molecule has 2 heteroatoms. The number of fused-ring (bicyclic) bond motifs is 1. The maximum absolute atomic E-state index is 13.5. The summed E-state index contributed by atoms with van der Waals surface area (Å²) < 4.78 is 0. The Bertz CT molecular complexity index is 790. The van der Waals surface area contributed by atoms with Crippen LogP contribution in [0.25, 0.3) is 5.57 Å². The number of aryl methyl sites for hydroxylation is 1. The first kappa shape index (κ1) is 17.3. The fraction of sp³-hybridized carbons (Fsp3) is 0.458. The summed E-state index contributed by atoms with van der Waals surface area (Å²) in [6.07, 6.45) is 12.1. The molecule has 1 aromatic rings. The number of benzene rings is 1. The van der Waals surface area contributed by atoms with Gasteiger partial charge in [0.2, 0.25) is 0 Å². The second-order valence-electron chi connectivity index (χ2n) is 8.21. The van der Waals surface area contributed by atoms with E-state index >= 15 is 0 Å². The van der Waals surface area contributed by atoms with Gasteiger partial charge in [0, 0.05) is 18.7 Å². The number of carbonyl (C=O) groups excluding carboxylic acids is 1. The molecule has 0 radical (unpaired) electrons. The molecule has 26 heavy (non-hydrogen) atoms. The third-order valence-corrected chi connectivity index (χ3v) is 6.33. The van der Waals surface area contributed by atoms with Crippen molar-refractivity contribution >= 4 is 11.5 Å². The number of carbonyl (C=O) groups is 1. The smallest absolute Gasteiger partial charge is 0.254 e. The lowest BCUT2D eigenvalue weighted by molar-refractivity contribution is -0.126. The van der Waals surface area contributed by atoms with E-state index in [2.05, 4.69) is 61.2 Å². The van der Waals surface area contributed by atoms with Crippen LogP contribution >= 0.6 is 0 Å². The minimum absolute atomic E-state index is 0.213. The molecule has 4 rings (SSSR count). The Morgan fingerprint density at radius 3 is 2.65 bits per heavy atom. The van der Waals surface area contributed by atoms with Crippen LogP contribution in [0.15, 0.2) is 53.6 Å². The van der Waals surface area contributed by atoms with Crippen molar-refractivity contribution in [1.29, 1.82) is 0 Å². The van der Waals surface area contributed by atoms with Crippen LogP contribution in [0.2, 0.25) is 0 Å². The number of hydrogen-bond acceptors (Lipinski definition) is 1. The molecule has 136 valence electrons. The van der Waals surface area contributed by atoms with E-state index in [9.17, 15) is 4.79 Å². The molecule has 1 fully saturated rings. The van der Waals surface area contributed by atoms with E-state index in [-0.39, 0.29) is 5.91 Å². The van der Waals surface area contributed by atoms with Gasteiger partial charge in [0.1, 0.15) is 0 Å². The van der Waals surface area contributed by atoms with E-state index < -0.39 is 0 Å². The summed E-state index contributed by atoms with van der Waals surface area (Å²) in [6, 6.07) is 8.50. The van der Waals surface area contributed by atoms with Crippen LogP contribution in [0.3, 0.4) is 0 Å². The minimum atomic E-state index is 0.213. The van der Waals surface area contributed by atoms with Crippen LogP contribution in [0.4, 0.5) is 0 Å². The van der Waals surface area contributed by atoms with Crippen molar-refractivity contribution in [3.05, 3.63) is 64.8 Å². The number of nitrogens with zero attached hydrogens (tertiary/aromatic N) is 1.